The minimum atomic E-state index is -1.26. The number of nitrogens with one attached hydrogen (secondary N) is 1. The van der Waals surface area contributed by atoms with Gasteiger partial charge in [0.15, 0.2) is 11.5 Å². The number of carbonyl (C=O) groups excluding carboxylic acids is 3. The Balaban J connectivity index is 1.47. The van der Waals surface area contributed by atoms with Crippen molar-refractivity contribution in [2.45, 2.75) is 20.1 Å². The lowest BCUT2D eigenvalue weighted by molar-refractivity contribution is -0.255. The lowest BCUT2D eigenvalue weighted by Crippen LogP contribution is -2.30. The number of urea groups is 1. The number of carboxylic acid groups (broad SMARTS) is 1. The molecule has 3 aromatic rings. The molecule has 1 N–H and O–H groups in total. The van der Waals surface area contributed by atoms with Gasteiger partial charge in [0.2, 0.25) is 0 Å². The van der Waals surface area contributed by atoms with Crippen molar-refractivity contribution in [2.75, 3.05) is 7.11 Å². The monoisotopic (exact) mass is 471 g/mol. The van der Waals surface area contributed by atoms with Crippen LogP contribution in [0.15, 0.2) is 72.4 Å². The summed E-state index contributed by atoms with van der Waals surface area (Å²) in [5.74, 6) is -0.810. The quantitative estimate of drug-likeness (QED) is 0.400. The van der Waals surface area contributed by atoms with E-state index < -0.39 is 17.9 Å². The lowest BCUT2D eigenvalue weighted by atomic mass is 10.1. The summed E-state index contributed by atoms with van der Waals surface area (Å²) in [7, 11) is 1.49. The number of carboxylic acids is 1. The Morgan fingerprint density at radius 3 is 2.49 bits per heavy atom. The Labute approximate surface area is 202 Å². The number of imide groups is 1. The van der Waals surface area contributed by atoms with Gasteiger partial charge in [-0.1, -0.05) is 54.1 Å². The van der Waals surface area contributed by atoms with Crippen LogP contribution in [0.5, 0.6) is 11.5 Å². The number of aromatic carboxylic acids is 1. The number of hydrogen-bond acceptors (Lipinski definition) is 6. The highest BCUT2D eigenvalue weighted by Gasteiger charge is 2.33. The van der Waals surface area contributed by atoms with Gasteiger partial charge in [-0.15, -0.1) is 0 Å². The summed E-state index contributed by atoms with van der Waals surface area (Å²) >= 11 is 0. The Bertz CT molecular complexity index is 1310. The SMILES string of the molecule is COc1cc(/C=C2/NC(=O)N(Cc3ccc(C)cc3)C2=O)ccc1OCc1cccc(C(=O)[O-])c1. The first-order valence-corrected chi connectivity index (χ1v) is 10.9. The molecule has 1 aliphatic rings. The second kappa shape index (κ2) is 10.1. The number of rotatable bonds is 8. The molecule has 3 aromatic carbocycles. The van der Waals surface area contributed by atoms with Gasteiger partial charge in [-0.2, -0.15) is 0 Å². The molecular weight excluding hydrogens is 448 g/mol. The topological polar surface area (TPSA) is 108 Å². The minimum absolute atomic E-state index is 0.0692. The van der Waals surface area contributed by atoms with Crippen LogP contribution in [0.3, 0.4) is 0 Å². The predicted octanol–water partition coefficient (Wildman–Crippen LogP) is 3.04. The molecule has 8 nitrogen and oxygen atoms in total. The Morgan fingerprint density at radius 1 is 1.00 bits per heavy atom. The second-order valence-electron chi connectivity index (χ2n) is 8.05. The van der Waals surface area contributed by atoms with Gasteiger partial charge in [0.05, 0.1) is 19.6 Å². The summed E-state index contributed by atoms with van der Waals surface area (Å²) in [6.07, 6.45) is 1.57. The molecule has 178 valence electrons. The highest BCUT2D eigenvalue weighted by Crippen LogP contribution is 2.30. The van der Waals surface area contributed by atoms with Gasteiger partial charge in [0.1, 0.15) is 12.3 Å². The first-order chi connectivity index (χ1) is 16.8. The van der Waals surface area contributed by atoms with Crippen molar-refractivity contribution >= 4 is 24.0 Å². The molecule has 1 saturated heterocycles. The Morgan fingerprint density at radius 2 is 1.77 bits per heavy atom. The summed E-state index contributed by atoms with van der Waals surface area (Å²) in [5, 5.41) is 13.7. The van der Waals surface area contributed by atoms with Crippen LogP contribution >= 0.6 is 0 Å². The normalized spacial score (nSPS) is 14.2. The number of carbonyl (C=O) groups is 3. The number of aryl methyl sites for hydroxylation is 1. The molecule has 0 unspecified atom stereocenters. The third kappa shape index (κ3) is 5.50. The van der Waals surface area contributed by atoms with E-state index in [0.29, 0.717) is 22.6 Å². The molecule has 4 rings (SSSR count). The van der Waals surface area contributed by atoms with Crippen LogP contribution in [0, 0.1) is 6.92 Å². The van der Waals surface area contributed by atoms with Crippen LogP contribution in [0.2, 0.25) is 0 Å². The van der Waals surface area contributed by atoms with E-state index in [1.165, 1.54) is 19.2 Å². The smallest absolute Gasteiger partial charge is 0.329 e. The van der Waals surface area contributed by atoms with Crippen molar-refractivity contribution in [1.82, 2.24) is 10.2 Å². The fourth-order valence-electron chi connectivity index (χ4n) is 3.60. The van der Waals surface area contributed by atoms with Crippen LogP contribution in [-0.2, 0) is 17.9 Å². The zero-order valence-corrected chi connectivity index (χ0v) is 19.2. The number of hydrogen-bond donors (Lipinski definition) is 1. The van der Waals surface area contributed by atoms with Crippen molar-refractivity contribution in [3.8, 4) is 11.5 Å². The zero-order chi connectivity index (χ0) is 24.9. The van der Waals surface area contributed by atoms with E-state index in [2.05, 4.69) is 5.32 Å². The van der Waals surface area contributed by atoms with E-state index in [0.717, 1.165) is 16.0 Å². The maximum absolute atomic E-state index is 12.8. The van der Waals surface area contributed by atoms with E-state index in [-0.39, 0.29) is 24.4 Å². The third-order valence-corrected chi connectivity index (χ3v) is 5.48. The number of methoxy groups -OCH3 is 1. The van der Waals surface area contributed by atoms with Crippen LogP contribution < -0.4 is 19.9 Å². The number of nitrogens with zero attached hydrogens (tertiary/aromatic N) is 1. The number of benzene rings is 3. The fraction of sp³-hybridized carbons (Fsp3) is 0.148. The zero-order valence-electron chi connectivity index (χ0n) is 19.2. The average Bonchev–Trinajstić information content (AvgIpc) is 3.11. The van der Waals surface area contributed by atoms with E-state index in [1.54, 1.807) is 36.4 Å². The van der Waals surface area contributed by atoms with E-state index >= 15 is 0 Å². The first-order valence-electron chi connectivity index (χ1n) is 10.9. The molecule has 0 atom stereocenters. The molecule has 0 saturated carbocycles. The Kier molecular flexibility index (Phi) is 6.82. The van der Waals surface area contributed by atoms with E-state index in [4.69, 9.17) is 9.47 Å². The third-order valence-electron chi connectivity index (χ3n) is 5.48. The van der Waals surface area contributed by atoms with Crippen LogP contribution in [0.1, 0.15) is 32.6 Å². The van der Waals surface area contributed by atoms with Crippen molar-refractivity contribution in [3.05, 3.63) is 100 Å². The van der Waals surface area contributed by atoms with Gasteiger partial charge in [-0.25, -0.2) is 4.79 Å². The molecule has 8 heteroatoms. The average molecular weight is 471 g/mol. The predicted molar refractivity (Wildman–Crippen MR) is 126 cm³/mol. The summed E-state index contributed by atoms with van der Waals surface area (Å²) < 4.78 is 11.2. The van der Waals surface area contributed by atoms with Crippen molar-refractivity contribution < 1.29 is 29.0 Å². The molecule has 0 aliphatic carbocycles. The van der Waals surface area contributed by atoms with E-state index in [9.17, 15) is 19.5 Å². The number of amides is 3. The molecular formula is C27H23N2O6-. The van der Waals surface area contributed by atoms with Crippen LogP contribution in [-0.4, -0.2) is 29.9 Å². The van der Waals surface area contributed by atoms with Gasteiger partial charge < -0.3 is 24.7 Å². The molecule has 1 aliphatic heterocycles. The van der Waals surface area contributed by atoms with Gasteiger partial charge in [0.25, 0.3) is 5.91 Å². The van der Waals surface area contributed by atoms with E-state index in [1.807, 2.05) is 31.2 Å². The largest absolute Gasteiger partial charge is 0.545 e. The molecule has 1 fully saturated rings. The van der Waals surface area contributed by atoms with Gasteiger partial charge in [-0.05, 0) is 53.5 Å². The van der Waals surface area contributed by atoms with Gasteiger partial charge in [-0.3, -0.25) is 9.69 Å². The van der Waals surface area contributed by atoms with Crippen LogP contribution in [0.4, 0.5) is 4.79 Å². The highest BCUT2D eigenvalue weighted by molar-refractivity contribution is 6.13. The van der Waals surface area contributed by atoms with Crippen LogP contribution in [0.25, 0.3) is 6.08 Å². The molecule has 0 radical (unpaired) electrons. The second-order valence-corrected chi connectivity index (χ2v) is 8.05. The van der Waals surface area contributed by atoms with Gasteiger partial charge in [0, 0.05) is 0 Å². The lowest BCUT2D eigenvalue weighted by Gasteiger charge is -2.13. The number of ether oxygens (including phenoxy) is 2. The Hall–Kier alpha value is -4.59. The minimum Gasteiger partial charge on any atom is -0.545 e. The molecule has 1 heterocycles. The molecule has 35 heavy (non-hydrogen) atoms. The molecule has 0 aromatic heterocycles. The maximum atomic E-state index is 12.8. The summed E-state index contributed by atoms with van der Waals surface area (Å²) in [6, 6.07) is 18.5. The standard InChI is InChI=1S/C27H24N2O6/c1-17-6-8-18(9-7-17)15-29-25(30)22(28-27(29)33)13-19-10-11-23(24(14-19)34-2)35-16-20-4-3-5-21(12-20)26(31)32/h3-14H,15-16H2,1-2H3,(H,28,33)(H,31,32)/p-1/b22-13+. The summed E-state index contributed by atoms with van der Waals surface area (Å²) in [5.41, 5.74) is 3.48. The maximum Gasteiger partial charge on any atom is 0.329 e. The fourth-order valence-corrected chi connectivity index (χ4v) is 3.60. The summed E-state index contributed by atoms with van der Waals surface area (Å²) in [6.45, 7) is 2.27. The highest BCUT2D eigenvalue weighted by atomic mass is 16.5. The molecule has 0 spiro atoms. The van der Waals surface area contributed by atoms with Crippen molar-refractivity contribution in [2.24, 2.45) is 0 Å². The van der Waals surface area contributed by atoms with Crippen molar-refractivity contribution in [1.29, 1.82) is 0 Å². The molecule has 3 amide bonds. The van der Waals surface area contributed by atoms with Gasteiger partial charge >= 0.3 is 6.03 Å². The van der Waals surface area contributed by atoms with Crippen molar-refractivity contribution in [3.63, 3.8) is 0 Å². The summed E-state index contributed by atoms with van der Waals surface area (Å²) in [4.78, 5) is 37.4. The first kappa shape index (κ1) is 23.6. The molecule has 0 bridgehead atoms.